The maximum atomic E-state index is 11.6. The summed E-state index contributed by atoms with van der Waals surface area (Å²) in [5, 5.41) is 0. The maximum absolute atomic E-state index is 11.6. The van der Waals surface area contributed by atoms with Gasteiger partial charge >= 0.3 is 0 Å². The summed E-state index contributed by atoms with van der Waals surface area (Å²) in [5.74, 6) is 1.11. The quantitative estimate of drug-likeness (QED) is 0.759. The molecule has 0 aromatic carbocycles. The number of aromatic nitrogens is 2. The van der Waals surface area contributed by atoms with Gasteiger partial charge in [0.2, 0.25) is 5.88 Å². The van der Waals surface area contributed by atoms with Crippen LogP contribution in [-0.2, 0) is 11.2 Å². The van der Waals surface area contributed by atoms with E-state index in [0.29, 0.717) is 12.3 Å². The first kappa shape index (κ1) is 11.0. The van der Waals surface area contributed by atoms with Crippen molar-refractivity contribution in [1.29, 1.82) is 0 Å². The Balaban J connectivity index is 2.00. The van der Waals surface area contributed by atoms with Crippen molar-refractivity contribution < 1.29 is 9.53 Å². The van der Waals surface area contributed by atoms with Crippen molar-refractivity contribution in [2.45, 2.75) is 39.2 Å². The van der Waals surface area contributed by atoms with Gasteiger partial charge < -0.3 is 4.74 Å². The van der Waals surface area contributed by atoms with E-state index in [-0.39, 0.29) is 17.8 Å². The van der Waals surface area contributed by atoms with Crippen LogP contribution in [-0.4, -0.2) is 21.9 Å². The van der Waals surface area contributed by atoms with Gasteiger partial charge in [-0.05, 0) is 26.7 Å². The molecule has 86 valence electrons. The van der Waals surface area contributed by atoms with Gasteiger partial charge in [-0.1, -0.05) is 0 Å². The van der Waals surface area contributed by atoms with Gasteiger partial charge in [0.25, 0.3) is 0 Å². The summed E-state index contributed by atoms with van der Waals surface area (Å²) in [5.41, 5.74) is 0.752. The molecular formula is C12H16N2O2. The van der Waals surface area contributed by atoms with Crippen LogP contribution < -0.4 is 4.74 Å². The van der Waals surface area contributed by atoms with E-state index in [4.69, 9.17) is 4.74 Å². The van der Waals surface area contributed by atoms with E-state index >= 15 is 0 Å². The lowest BCUT2D eigenvalue weighted by Gasteiger charge is -2.08. The fourth-order valence-electron chi connectivity index (χ4n) is 1.51. The molecular weight excluding hydrogens is 204 g/mol. The lowest BCUT2D eigenvalue weighted by Crippen LogP contribution is -2.10. The molecule has 4 nitrogen and oxygen atoms in total. The first-order valence-corrected chi connectivity index (χ1v) is 5.65. The lowest BCUT2D eigenvalue weighted by atomic mass is 10.1. The average Bonchev–Trinajstić information content (AvgIpc) is 2.99. The largest absolute Gasteiger partial charge is 0.475 e. The standard InChI is InChI=1S/C12H16N2O2/c1-8(2)16-12-6-10(13-7-14-12)5-11(15)9-3-4-9/h6-9H,3-5H2,1-2H3. The number of ketones is 1. The molecule has 1 aliphatic carbocycles. The van der Waals surface area contributed by atoms with Gasteiger partial charge in [-0.2, -0.15) is 0 Å². The zero-order chi connectivity index (χ0) is 11.5. The van der Waals surface area contributed by atoms with Crippen LogP contribution in [0.25, 0.3) is 0 Å². The molecule has 0 N–H and O–H groups in total. The number of ether oxygens (including phenoxy) is 1. The Morgan fingerprint density at radius 3 is 2.88 bits per heavy atom. The predicted molar refractivity (Wildman–Crippen MR) is 59.2 cm³/mol. The normalized spacial score (nSPS) is 15.2. The maximum Gasteiger partial charge on any atom is 0.216 e. The van der Waals surface area contributed by atoms with Gasteiger partial charge in [0, 0.05) is 18.4 Å². The molecule has 0 saturated heterocycles. The van der Waals surface area contributed by atoms with Gasteiger partial charge in [0.1, 0.15) is 12.1 Å². The van der Waals surface area contributed by atoms with E-state index < -0.39 is 0 Å². The molecule has 0 spiro atoms. The minimum Gasteiger partial charge on any atom is -0.475 e. The third-order valence-electron chi connectivity index (χ3n) is 2.44. The van der Waals surface area contributed by atoms with Crippen molar-refractivity contribution in [2.24, 2.45) is 5.92 Å². The molecule has 0 bridgehead atoms. The minimum absolute atomic E-state index is 0.0851. The number of hydrogen-bond acceptors (Lipinski definition) is 4. The molecule has 0 amide bonds. The SMILES string of the molecule is CC(C)Oc1cc(CC(=O)C2CC2)ncn1. The molecule has 1 heterocycles. The summed E-state index contributed by atoms with van der Waals surface area (Å²) in [6.45, 7) is 3.88. The van der Waals surface area contributed by atoms with E-state index in [1.165, 1.54) is 6.33 Å². The first-order chi connectivity index (χ1) is 7.65. The molecule has 0 unspecified atom stereocenters. The molecule has 1 aromatic heterocycles. The van der Waals surface area contributed by atoms with Gasteiger partial charge in [-0.3, -0.25) is 4.79 Å². The summed E-state index contributed by atoms with van der Waals surface area (Å²) < 4.78 is 5.45. The summed E-state index contributed by atoms with van der Waals surface area (Å²) >= 11 is 0. The Kier molecular flexibility index (Phi) is 3.17. The summed E-state index contributed by atoms with van der Waals surface area (Å²) in [6.07, 6.45) is 4.02. The van der Waals surface area contributed by atoms with Crippen LogP contribution in [0.2, 0.25) is 0 Å². The molecule has 1 saturated carbocycles. The number of rotatable bonds is 5. The van der Waals surface area contributed by atoms with Crippen LogP contribution in [0.4, 0.5) is 0 Å². The van der Waals surface area contributed by atoms with E-state index in [9.17, 15) is 4.79 Å². The van der Waals surface area contributed by atoms with Gasteiger partial charge in [-0.25, -0.2) is 9.97 Å². The smallest absolute Gasteiger partial charge is 0.216 e. The lowest BCUT2D eigenvalue weighted by molar-refractivity contribution is -0.119. The molecule has 0 atom stereocenters. The van der Waals surface area contributed by atoms with Crippen LogP contribution in [0.15, 0.2) is 12.4 Å². The summed E-state index contributed by atoms with van der Waals surface area (Å²) in [7, 11) is 0. The molecule has 4 heteroatoms. The second kappa shape index (κ2) is 4.60. The molecule has 0 aliphatic heterocycles. The molecule has 16 heavy (non-hydrogen) atoms. The Morgan fingerprint density at radius 2 is 2.25 bits per heavy atom. The molecule has 2 rings (SSSR count). The fourth-order valence-corrected chi connectivity index (χ4v) is 1.51. The second-order valence-electron chi connectivity index (χ2n) is 4.43. The molecule has 0 radical (unpaired) electrons. The van der Waals surface area contributed by atoms with E-state index in [0.717, 1.165) is 18.5 Å². The fraction of sp³-hybridized carbons (Fsp3) is 0.583. The van der Waals surface area contributed by atoms with Crippen molar-refractivity contribution in [3.8, 4) is 5.88 Å². The molecule has 1 aliphatic rings. The zero-order valence-electron chi connectivity index (χ0n) is 9.64. The number of Topliss-reactive ketones (excluding diaryl/α,β-unsaturated/α-hetero) is 1. The Hall–Kier alpha value is -1.45. The van der Waals surface area contributed by atoms with Crippen molar-refractivity contribution in [3.63, 3.8) is 0 Å². The van der Waals surface area contributed by atoms with Crippen molar-refractivity contribution in [3.05, 3.63) is 18.1 Å². The monoisotopic (exact) mass is 220 g/mol. The topological polar surface area (TPSA) is 52.1 Å². The Labute approximate surface area is 95.1 Å². The molecule has 1 aromatic rings. The van der Waals surface area contributed by atoms with Crippen molar-refractivity contribution >= 4 is 5.78 Å². The third-order valence-corrected chi connectivity index (χ3v) is 2.44. The average molecular weight is 220 g/mol. The van der Waals surface area contributed by atoms with E-state index in [1.54, 1.807) is 6.07 Å². The number of carbonyl (C=O) groups excluding carboxylic acids is 1. The highest BCUT2D eigenvalue weighted by Gasteiger charge is 2.29. The number of carbonyl (C=O) groups is 1. The highest BCUT2D eigenvalue weighted by molar-refractivity contribution is 5.84. The minimum atomic E-state index is 0.0851. The van der Waals surface area contributed by atoms with E-state index in [1.807, 2.05) is 13.8 Å². The first-order valence-electron chi connectivity index (χ1n) is 5.65. The zero-order valence-corrected chi connectivity index (χ0v) is 9.64. The van der Waals surface area contributed by atoms with Crippen LogP contribution >= 0.6 is 0 Å². The third kappa shape index (κ3) is 3.02. The predicted octanol–water partition coefficient (Wildman–Crippen LogP) is 1.79. The van der Waals surface area contributed by atoms with Crippen LogP contribution in [0.1, 0.15) is 32.4 Å². The van der Waals surface area contributed by atoms with Crippen molar-refractivity contribution in [2.75, 3.05) is 0 Å². The summed E-state index contributed by atoms with van der Waals surface area (Å²) in [6, 6.07) is 1.75. The van der Waals surface area contributed by atoms with Crippen LogP contribution in [0.3, 0.4) is 0 Å². The van der Waals surface area contributed by atoms with Crippen molar-refractivity contribution in [1.82, 2.24) is 9.97 Å². The van der Waals surface area contributed by atoms with Gasteiger partial charge in [0.05, 0.1) is 11.8 Å². The van der Waals surface area contributed by atoms with Gasteiger partial charge in [-0.15, -0.1) is 0 Å². The number of nitrogens with zero attached hydrogens (tertiary/aromatic N) is 2. The molecule has 1 fully saturated rings. The highest BCUT2D eigenvalue weighted by atomic mass is 16.5. The van der Waals surface area contributed by atoms with Gasteiger partial charge in [0.15, 0.2) is 0 Å². The van der Waals surface area contributed by atoms with E-state index in [2.05, 4.69) is 9.97 Å². The second-order valence-corrected chi connectivity index (χ2v) is 4.43. The summed E-state index contributed by atoms with van der Waals surface area (Å²) in [4.78, 5) is 19.7. The Bertz CT molecular complexity index is 386. The van der Waals surface area contributed by atoms with Crippen LogP contribution in [0, 0.1) is 5.92 Å². The van der Waals surface area contributed by atoms with Crippen LogP contribution in [0.5, 0.6) is 5.88 Å². The Morgan fingerprint density at radius 1 is 1.50 bits per heavy atom. The highest BCUT2D eigenvalue weighted by Crippen LogP contribution is 2.30. The number of hydrogen-bond donors (Lipinski definition) is 0.